The summed E-state index contributed by atoms with van der Waals surface area (Å²) >= 11 is 0. The number of carboxylic acids is 1. The van der Waals surface area contributed by atoms with Gasteiger partial charge in [0.25, 0.3) is 0 Å². The topological polar surface area (TPSA) is 105 Å². The van der Waals surface area contributed by atoms with Crippen LogP contribution in [0.1, 0.15) is 36.3 Å². The largest absolute Gasteiger partial charge is 0.480 e. The van der Waals surface area contributed by atoms with Crippen molar-refractivity contribution < 1.29 is 29.0 Å². The van der Waals surface area contributed by atoms with Crippen LogP contribution in [0.25, 0.3) is 11.1 Å². The predicted octanol–water partition coefficient (Wildman–Crippen LogP) is 3.25. The Labute approximate surface area is 204 Å². The number of fused-ring (bicyclic) bond motifs is 3. The number of carbonyl (C=O) groups is 3. The van der Waals surface area contributed by atoms with Crippen LogP contribution in [0.5, 0.6) is 0 Å². The van der Waals surface area contributed by atoms with Crippen LogP contribution in [0.4, 0.5) is 4.79 Å². The smallest absolute Gasteiger partial charge is 0.407 e. The minimum atomic E-state index is -0.978. The Morgan fingerprint density at radius 2 is 1.60 bits per heavy atom. The van der Waals surface area contributed by atoms with Gasteiger partial charge in [0.1, 0.15) is 13.2 Å². The van der Waals surface area contributed by atoms with Gasteiger partial charge in [-0.05, 0) is 47.4 Å². The van der Waals surface area contributed by atoms with Crippen molar-refractivity contribution in [3.63, 3.8) is 0 Å². The molecule has 1 saturated heterocycles. The lowest BCUT2D eigenvalue weighted by Gasteiger charge is -2.32. The van der Waals surface area contributed by atoms with Crippen LogP contribution in [-0.4, -0.2) is 66.9 Å². The number of hydrogen-bond acceptors (Lipinski definition) is 5. The molecule has 1 heterocycles. The second-order valence-corrected chi connectivity index (χ2v) is 9.54. The normalized spacial score (nSPS) is 21.2. The van der Waals surface area contributed by atoms with Crippen molar-refractivity contribution in [1.29, 1.82) is 0 Å². The van der Waals surface area contributed by atoms with Crippen LogP contribution >= 0.6 is 0 Å². The number of hydrogen-bond donors (Lipinski definition) is 2. The van der Waals surface area contributed by atoms with Gasteiger partial charge >= 0.3 is 12.1 Å². The average Bonchev–Trinajstić information content (AvgIpc) is 3.59. The van der Waals surface area contributed by atoms with E-state index in [-0.39, 0.29) is 43.0 Å². The molecule has 3 aliphatic rings. The Bertz CT molecular complexity index is 1060. The second kappa shape index (κ2) is 10.1. The molecule has 2 N–H and O–H groups in total. The number of likely N-dealkylation sites (tertiary alicyclic amines) is 1. The molecule has 8 heteroatoms. The summed E-state index contributed by atoms with van der Waals surface area (Å²) in [6.45, 7) is 1.54. The molecule has 0 spiro atoms. The summed E-state index contributed by atoms with van der Waals surface area (Å²) < 4.78 is 10.9. The van der Waals surface area contributed by atoms with E-state index < -0.39 is 12.1 Å². The van der Waals surface area contributed by atoms with Crippen LogP contribution in [-0.2, 0) is 19.1 Å². The molecule has 2 aliphatic carbocycles. The summed E-state index contributed by atoms with van der Waals surface area (Å²) in [5.41, 5.74) is 4.72. The molecule has 1 aliphatic heterocycles. The molecule has 2 atom stereocenters. The molecule has 184 valence electrons. The van der Waals surface area contributed by atoms with Crippen molar-refractivity contribution in [2.24, 2.45) is 11.8 Å². The fourth-order valence-corrected chi connectivity index (χ4v) is 5.31. The van der Waals surface area contributed by atoms with Gasteiger partial charge in [-0.25, -0.2) is 9.59 Å². The average molecular weight is 479 g/mol. The first-order chi connectivity index (χ1) is 17.0. The van der Waals surface area contributed by atoms with Crippen LogP contribution < -0.4 is 5.32 Å². The lowest BCUT2D eigenvalue weighted by Crippen LogP contribution is -2.42. The van der Waals surface area contributed by atoms with E-state index >= 15 is 0 Å². The Hall–Kier alpha value is -3.39. The second-order valence-electron chi connectivity index (χ2n) is 9.54. The van der Waals surface area contributed by atoms with Crippen LogP contribution in [0.2, 0.25) is 0 Å². The van der Waals surface area contributed by atoms with E-state index in [0.717, 1.165) is 6.42 Å². The van der Waals surface area contributed by atoms with Crippen molar-refractivity contribution in [3.8, 4) is 11.1 Å². The first-order valence-corrected chi connectivity index (χ1v) is 12.2. The van der Waals surface area contributed by atoms with Gasteiger partial charge < -0.3 is 24.8 Å². The molecule has 0 aromatic heterocycles. The molecule has 1 saturated carbocycles. The van der Waals surface area contributed by atoms with E-state index in [4.69, 9.17) is 14.6 Å². The number of piperidine rings is 1. The molecule has 35 heavy (non-hydrogen) atoms. The quantitative estimate of drug-likeness (QED) is 0.604. The molecule has 2 aromatic carbocycles. The summed E-state index contributed by atoms with van der Waals surface area (Å²) in [7, 11) is 0. The number of amides is 2. The van der Waals surface area contributed by atoms with E-state index in [1.165, 1.54) is 22.3 Å². The lowest BCUT2D eigenvalue weighted by molar-refractivity contribution is -0.147. The highest BCUT2D eigenvalue weighted by atomic mass is 16.5. The van der Waals surface area contributed by atoms with Crippen molar-refractivity contribution >= 4 is 18.0 Å². The number of nitrogens with one attached hydrogen (secondary N) is 1. The minimum Gasteiger partial charge on any atom is -0.480 e. The van der Waals surface area contributed by atoms with Gasteiger partial charge in [-0.2, -0.15) is 0 Å². The van der Waals surface area contributed by atoms with Crippen LogP contribution in [0, 0.1) is 11.8 Å². The van der Waals surface area contributed by atoms with Gasteiger partial charge in [-0.1, -0.05) is 48.5 Å². The standard InChI is InChI=1S/C27H30N2O6/c30-25(31)16-34-18-9-11-29(12-10-18)26(32)23-13-17(23)14-28-27(33)35-15-24-21-7-3-1-5-19(21)20-6-2-4-8-22(20)24/h1-8,17-18,23-24H,9-16H2,(H,28,33)(H,30,31). The maximum absolute atomic E-state index is 12.8. The van der Waals surface area contributed by atoms with Crippen molar-refractivity contribution in [3.05, 3.63) is 59.7 Å². The first-order valence-electron chi connectivity index (χ1n) is 12.2. The van der Waals surface area contributed by atoms with Gasteiger partial charge in [0.15, 0.2) is 0 Å². The Morgan fingerprint density at radius 3 is 2.23 bits per heavy atom. The molecule has 2 unspecified atom stereocenters. The minimum absolute atomic E-state index is 0.0193. The Kier molecular flexibility index (Phi) is 6.72. The summed E-state index contributed by atoms with van der Waals surface area (Å²) in [5, 5.41) is 11.6. The summed E-state index contributed by atoms with van der Waals surface area (Å²) in [4.78, 5) is 37.6. The summed E-state index contributed by atoms with van der Waals surface area (Å²) in [6, 6.07) is 16.4. The molecule has 5 rings (SSSR count). The monoisotopic (exact) mass is 478 g/mol. The third-order valence-corrected chi connectivity index (χ3v) is 7.29. The fourth-order valence-electron chi connectivity index (χ4n) is 5.31. The van der Waals surface area contributed by atoms with Crippen molar-refractivity contribution in [2.45, 2.75) is 31.3 Å². The van der Waals surface area contributed by atoms with Crippen molar-refractivity contribution in [1.82, 2.24) is 10.2 Å². The molecule has 2 aromatic rings. The number of carboxylic acid groups (broad SMARTS) is 1. The number of aliphatic carboxylic acids is 1. The van der Waals surface area contributed by atoms with Gasteiger partial charge in [-0.15, -0.1) is 0 Å². The molecule has 2 amide bonds. The maximum Gasteiger partial charge on any atom is 0.407 e. The molecular weight excluding hydrogens is 448 g/mol. The molecule has 0 bridgehead atoms. The summed E-state index contributed by atoms with van der Waals surface area (Å²) in [5.74, 6) is -0.788. The number of nitrogens with zero attached hydrogens (tertiary/aromatic N) is 1. The van der Waals surface area contributed by atoms with E-state index in [1.807, 2.05) is 29.2 Å². The number of benzene rings is 2. The zero-order chi connectivity index (χ0) is 24.4. The fraction of sp³-hybridized carbons (Fsp3) is 0.444. The highest BCUT2D eigenvalue weighted by molar-refractivity contribution is 5.82. The highest BCUT2D eigenvalue weighted by Gasteiger charge is 2.45. The van der Waals surface area contributed by atoms with E-state index in [1.54, 1.807) is 0 Å². The third kappa shape index (κ3) is 5.17. The first kappa shape index (κ1) is 23.4. The van der Waals surface area contributed by atoms with Gasteiger partial charge in [0.2, 0.25) is 5.91 Å². The molecule has 0 radical (unpaired) electrons. The van der Waals surface area contributed by atoms with Crippen LogP contribution in [0.3, 0.4) is 0 Å². The number of rotatable bonds is 8. The molecule has 2 fully saturated rings. The highest BCUT2D eigenvalue weighted by Crippen LogP contribution is 2.44. The van der Waals surface area contributed by atoms with Gasteiger partial charge in [0.05, 0.1) is 6.10 Å². The zero-order valence-corrected chi connectivity index (χ0v) is 19.5. The Morgan fingerprint density at radius 1 is 0.971 bits per heavy atom. The predicted molar refractivity (Wildman–Crippen MR) is 128 cm³/mol. The van der Waals surface area contributed by atoms with Gasteiger partial charge in [-0.3, -0.25) is 4.79 Å². The third-order valence-electron chi connectivity index (χ3n) is 7.29. The van der Waals surface area contributed by atoms with Crippen molar-refractivity contribution in [2.75, 3.05) is 32.8 Å². The number of ether oxygens (including phenoxy) is 2. The zero-order valence-electron chi connectivity index (χ0n) is 19.5. The number of carbonyl (C=O) groups excluding carboxylic acids is 2. The molecular formula is C27H30N2O6. The van der Waals surface area contributed by atoms with Crippen LogP contribution in [0.15, 0.2) is 48.5 Å². The molecule has 8 nitrogen and oxygen atoms in total. The van der Waals surface area contributed by atoms with E-state index in [2.05, 4.69) is 29.6 Å². The SMILES string of the molecule is O=C(O)COC1CCN(C(=O)C2CC2CNC(=O)OCC2c3ccccc3-c3ccccc32)CC1. The Balaban J connectivity index is 1.05. The van der Waals surface area contributed by atoms with E-state index in [0.29, 0.717) is 32.5 Å². The van der Waals surface area contributed by atoms with Gasteiger partial charge in [0, 0.05) is 31.5 Å². The number of alkyl carbamates (subject to hydrolysis) is 1. The summed E-state index contributed by atoms with van der Waals surface area (Å²) in [6.07, 6.45) is 1.49. The maximum atomic E-state index is 12.8. The van der Waals surface area contributed by atoms with E-state index in [9.17, 15) is 14.4 Å². The lowest BCUT2D eigenvalue weighted by atomic mass is 9.98.